The van der Waals surface area contributed by atoms with E-state index in [4.69, 9.17) is 16.3 Å². The molecule has 1 heterocycles. The van der Waals surface area contributed by atoms with Crippen molar-refractivity contribution in [2.75, 3.05) is 23.8 Å². The first-order chi connectivity index (χ1) is 13.9. The molecule has 152 valence electrons. The predicted molar refractivity (Wildman–Crippen MR) is 120 cm³/mol. The van der Waals surface area contributed by atoms with E-state index in [0.29, 0.717) is 28.8 Å². The maximum absolute atomic E-state index is 12.6. The number of hydrogen-bond acceptors (Lipinski definition) is 4. The van der Waals surface area contributed by atoms with E-state index < -0.39 is 0 Å². The van der Waals surface area contributed by atoms with Crippen molar-refractivity contribution in [3.05, 3.63) is 63.3 Å². The number of aryl methyl sites for hydroxylation is 1. The van der Waals surface area contributed by atoms with Gasteiger partial charge in [-0.3, -0.25) is 4.79 Å². The molecular weight excluding hydrogens is 456 g/mol. The van der Waals surface area contributed by atoms with Crippen LogP contribution in [0.5, 0.6) is 5.75 Å². The number of rotatable bonds is 7. The SMILES string of the molecule is CCOc1c(Br)cc(Cl)cc1NCC(=O)Nc1c(C)nn(-c2ccccc2)c1C. The summed E-state index contributed by atoms with van der Waals surface area (Å²) >= 11 is 9.58. The summed E-state index contributed by atoms with van der Waals surface area (Å²) in [5.74, 6) is 0.427. The number of ether oxygens (including phenoxy) is 1. The van der Waals surface area contributed by atoms with Crippen LogP contribution in [0.25, 0.3) is 5.69 Å². The second-order valence-corrected chi connectivity index (χ2v) is 7.68. The number of hydrogen-bond donors (Lipinski definition) is 2. The quantitative estimate of drug-likeness (QED) is 0.481. The number of carbonyl (C=O) groups is 1. The fraction of sp³-hybridized carbons (Fsp3) is 0.238. The number of anilines is 2. The minimum absolute atomic E-state index is 0.0578. The summed E-state index contributed by atoms with van der Waals surface area (Å²) in [5, 5.41) is 11.1. The van der Waals surface area contributed by atoms with Gasteiger partial charge in [-0.2, -0.15) is 5.10 Å². The first kappa shape index (κ1) is 21.2. The van der Waals surface area contributed by atoms with Crippen LogP contribution in [0.3, 0.4) is 0 Å². The number of para-hydroxylation sites is 1. The standard InChI is InChI=1S/C21H22BrClN4O2/c1-4-29-21-17(22)10-15(23)11-18(21)24-12-19(28)25-20-13(2)26-27(14(20)3)16-8-6-5-7-9-16/h5-11,24H,4,12H2,1-3H3,(H,25,28). The molecule has 6 nitrogen and oxygen atoms in total. The zero-order valence-electron chi connectivity index (χ0n) is 16.4. The van der Waals surface area contributed by atoms with Gasteiger partial charge in [0, 0.05) is 5.02 Å². The van der Waals surface area contributed by atoms with Crippen molar-refractivity contribution in [1.29, 1.82) is 0 Å². The Labute approximate surface area is 183 Å². The first-order valence-corrected chi connectivity index (χ1v) is 10.3. The second kappa shape index (κ2) is 9.33. The van der Waals surface area contributed by atoms with Crippen molar-refractivity contribution in [2.45, 2.75) is 20.8 Å². The molecule has 0 aliphatic carbocycles. The Bertz CT molecular complexity index is 1020. The van der Waals surface area contributed by atoms with Crippen LogP contribution in [-0.2, 0) is 4.79 Å². The van der Waals surface area contributed by atoms with Gasteiger partial charge in [0.1, 0.15) is 0 Å². The number of nitrogens with zero attached hydrogens (tertiary/aromatic N) is 2. The number of benzene rings is 2. The molecule has 1 aromatic heterocycles. The van der Waals surface area contributed by atoms with Crippen molar-refractivity contribution < 1.29 is 9.53 Å². The number of aromatic nitrogens is 2. The second-order valence-electron chi connectivity index (χ2n) is 6.39. The molecule has 0 aliphatic rings. The summed E-state index contributed by atoms with van der Waals surface area (Å²) in [6.45, 7) is 6.25. The maximum atomic E-state index is 12.6. The Morgan fingerprint density at radius 1 is 1.24 bits per heavy atom. The molecule has 0 saturated carbocycles. The van der Waals surface area contributed by atoms with Gasteiger partial charge in [0.05, 0.1) is 46.1 Å². The zero-order chi connectivity index (χ0) is 21.0. The highest BCUT2D eigenvalue weighted by Gasteiger charge is 2.16. The average molecular weight is 478 g/mol. The van der Waals surface area contributed by atoms with E-state index >= 15 is 0 Å². The summed E-state index contributed by atoms with van der Waals surface area (Å²) in [6.07, 6.45) is 0. The van der Waals surface area contributed by atoms with Gasteiger partial charge in [-0.25, -0.2) is 4.68 Å². The summed E-state index contributed by atoms with van der Waals surface area (Å²) in [6, 6.07) is 13.3. The van der Waals surface area contributed by atoms with Gasteiger partial charge < -0.3 is 15.4 Å². The molecule has 0 spiro atoms. The van der Waals surface area contributed by atoms with E-state index in [1.807, 2.05) is 55.8 Å². The molecule has 2 N–H and O–H groups in total. The lowest BCUT2D eigenvalue weighted by atomic mass is 10.2. The zero-order valence-corrected chi connectivity index (χ0v) is 18.8. The van der Waals surface area contributed by atoms with Gasteiger partial charge in [-0.15, -0.1) is 0 Å². The van der Waals surface area contributed by atoms with E-state index in [2.05, 4.69) is 31.7 Å². The predicted octanol–water partition coefficient (Wildman–Crippen LogP) is 5.35. The molecule has 0 saturated heterocycles. The van der Waals surface area contributed by atoms with Gasteiger partial charge in [0.2, 0.25) is 5.91 Å². The van der Waals surface area contributed by atoms with Gasteiger partial charge >= 0.3 is 0 Å². The molecular formula is C21H22BrClN4O2. The van der Waals surface area contributed by atoms with Crippen LogP contribution in [0.2, 0.25) is 5.02 Å². The number of amides is 1. The minimum atomic E-state index is -0.192. The third-order valence-electron chi connectivity index (χ3n) is 4.29. The molecule has 8 heteroatoms. The highest BCUT2D eigenvalue weighted by atomic mass is 79.9. The van der Waals surface area contributed by atoms with E-state index in [-0.39, 0.29) is 12.5 Å². The van der Waals surface area contributed by atoms with E-state index in [1.165, 1.54) is 0 Å². The first-order valence-electron chi connectivity index (χ1n) is 9.18. The minimum Gasteiger partial charge on any atom is -0.491 e. The van der Waals surface area contributed by atoms with Crippen LogP contribution in [0.4, 0.5) is 11.4 Å². The van der Waals surface area contributed by atoms with Crippen molar-refractivity contribution >= 4 is 44.8 Å². The molecule has 3 rings (SSSR count). The Kier molecular flexibility index (Phi) is 6.82. The molecule has 3 aromatic rings. The molecule has 1 amide bonds. The molecule has 29 heavy (non-hydrogen) atoms. The molecule has 2 aromatic carbocycles. The Morgan fingerprint density at radius 2 is 1.97 bits per heavy atom. The molecule has 0 atom stereocenters. The number of carbonyl (C=O) groups excluding carboxylic acids is 1. The van der Waals surface area contributed by atoms with Crippen molar-refractivity contribution in [1.82, 2.24) is 9.78 Å². The summed E-state index contributed by atoms with van der Waals surface area (Å²) in [7, 11) is 0. The van der Waals surface area contributed by atoms with Gasteiger partial charge in [0.15, 0.2) is 5.75 Å². The average Bonchev–Trinajstić information content (AvgIpc) is 2.97. The maximum Gasteiger partial charge on any atom is 0.243 e. The van der Waals surface area contributed by atoms with Crippen molar-refractivity contribution in [2.24, 2.45) is 0 Å². The highest BCUT2D eigenvalue weighted by molar-refractivity contribution is 9.10. The van der Waals surface area contributed by atoms with Crippen molar-refractivity contribution in [3.63, 3.8) is 0 Å². The summed E-state index contributed by atoms with van der Waals surface area (Å²) < 4.78 is 8.20. The molecule has 0 fully saturated rings. The van der Waals surface area contributed by atoms with Crippen LogP contribution in [0, 0.1) is 13.8 Å². The lowest BCUT2D eigenvalue weighted by Gasteiger charge is -2.14. The molecule has 0 radical (unpaired) electrons. The number of halogens is 2. The van der Waals surface area contributed by atoms with E-state index in [9.17, 15) is 4.79 Å². The number of nitrogens with one attached hydrogen (secondary N) is 2. The molecule has 0 unspecified atom stereocenters. The third kappa shape index (κ3) is 4.92. The van der Waals surface area contributed by atoms with E-state index in [1.54, 1.807) is 12.1 Å². The smallest absolute Gasteiger partial charge is 0.243 e. The lowest BCUT2D eigenvalue weighted by molar-refractivity contribution is -0.114. The fourth-order valence-electron chi connectivity index (χ4n) is 2.99. The Morgan fingerprint density at radius 3 is 2.66 bits per heavy atom. The Balaban J connectivity index is 1.74. The van der Waals surface area contributed by atoms with Gasteiger partial charge in [-0.1, -0.05) is 29.8 Å². The highest BCUT2D eigenvalue weighted by Crippen LogP contribution is 2.36. The van der Waals surface area contributed by atoms with Crippen LogP contribution >= 0.6 is 27.5 Å². The van der Waals surface area contributed by atoms with Gasteiger partial charge in [0.25, 0.3) is 0 Å². The molecule has 0 bridgehead atoms. The van der Waals surface area contributed by atoms with E-state index in [0.717, 1.165) is 21.5 Å². The third-order valence-corrected chi connectivity index (χ3v) is 5.10. The van der Waals surface area contributed by atoms with Crippen LogP contribution < -0.4 is 15.4 Å². The normalized spacial score (nSPS) is 10.7. The summed E-state index contributed by atoms with van der Waals surface area (Å²) in [4.78, 5) is 12.6. The van der Waals surface area contributed by atoms with Crippen molar-refractivity contribution in [3.8, 4) is 11.4 Å². The summed E-state index contributed by atoms with van der Waals surface area (Å²) in [5.41, 5.74) is 3.91. The van der Waals surface area contributed by atoms with Crippen LogP contribution in [-0.4, -0.2) is 28.8 Å². The Hall–Kier alpha value is -2.51. The largest absolute Gasteiger partial charge is 0.491 e. The lowest BCUT2D eigenvalue weighted by Crippen LogP contribution is -2.22. The van der Waals surface area contributed by atoms with Gasteiger partial charge in [-0.05, 0) is 61.0 Å². The topological polar surface area (TPSA) is 68.2 Å². The van der Waals surface area contributed by atoms with Crippen LogP contribution in [0.1, 0.15) is 18.3 Å². The monoisotopic (exact) mass is 476 g/mol. The fourth-order valence-corrected chi connectivity index (χ4v) is 3.91. The van der Waals surface area contributed by atoms with Crippen LogP contribution in [0.15, 0.2) is 46.9 Å². The molecule has 0 aliphatic heterocycles.